The van der Waals surface area contributed by atoms with Crippen molar-refractivity contribution < 1.29 is 9.18 Å². The Morgan fingerprint density at radius 2 is 2.17 bits per heavy atom. The molecule has 0 bridgehead atoms. The summed E-state index contributed by atoms with van der Waals surface area (Å²) >= 11 is 0. The summed E-state index contributed by atoms with van der Waals surface area (Å²) in [4.78, 5) is 11.3. The molecule has 0 saturated heterocycles. The number of benzene rings is 1. The predicted molar refractivity (Wildman–Crippen MR) is 68.6 cm³/mol. The highest BCUT2D eigenvalue weighted by atomic mass is 19.1. The number of carbonyl (C=O) groups is 1. The summed E-state index contributed by atoms with van der Waals surface area (Å²) in [6, 6.07) is 5.24. The third kappa shape index (κ3) is 3.81. The Bertz CT molecular complexity index is 430. The van der Waals surface area contributed by atoms with Crippen LogP contribution in [0.2, 0.25) is 0 Å². The van der Waals surface area contributed by atoms with Crippen molar-refractivity contribution in [1.29, 1.82) is 0 Å². The molecule has 2 N–H and O–H groups in total. The standard InChI is InChI=1S/C14H19FN2O/c1-10-2-3-11(8-13(10)15)9-16-6-7-17-14(18)12-4-5-12/h2-3,8,12,16H,4-7,9H2,1H3,(H,17,18). The Balaban J connectivity index is 1.62. The fourth-order valence-corrected chi connectivity index (χ4v) is 1.74. The van der Waals surface area contributed by atoms with Crippen LogP contribution in [0.25, 0.3) is 0 Å². The molecule has 3 nitrogen and oxygen atoms in total. The van der Waals surface area contributed by atoms with Gasteiger partial charge in [0.25, 0.3) is 0 Å². The van der Waals surface area contributed by atoms with E-state index in [-0.39, 0.29) is 17.6 Å². The number of amides is 1. The molecule has 98 valence electrons. The summed E-state index contributed by atoms with van der Waals surface area (Å²) in [7, 11) is 0. The van der Waals surface area contributed by atoms with Gasteiger partial charge in [-0.1, -0.05) is 12.1 Å². The third-order valence-electron chi connectivity index (χ3n) is 3.11. The highest BCUT2D eigenvalue weighted by molar-refractivity contribution is 5.80. The van der Waals surface area contributed by atoms with Crippen molar-refractivity contribution >= 4 is 5.91 Å². The lowest BCUT2D eigenvalue weighted by molar-refractivity contribution is -0.122. The molecular weight excluding hydrogens is 231 g/mol. The molecule has 1 fully saturated rings. The zero-order valence-corrected chi connectivity index (χ0v) is 10.6. The molecule has 0 atom stereocenters. The van der Waals surface area contributed by atoms with Crippen LogP contribution in [0.15, 0.2) is 18.2 Å². The molecule has 0 spiro atoms. The molecule has 1 amide bonds. The monoisotopic (exact) mass is 250 g/mol. The van der Waals surface area contributed by atoms with Crippen LogP contribution in [-0.2, 0) is 11.3 Å². The number of aryl methyl sites for hydroxylation is 1. The Hall–Kier alpha value is -1.42. The first-order chi connectivity index (χ1) is 8.66. The van der Waals surface area contributed by atoms with Crippen molar-refractivity contribution in [2.24, 2.45) is 5.92 Å². The fraction of sp³-hybridized carbons (Fsp3) is 0.500. The van der Waals surface area contributed by atoms with Gasteiger partial charge in [0.05, 0.1) is 0 Å². The highest BCUT2D eigenvalue weighted by Crippen LogP contribution is 2.28. The smallest absolute Gasteiger partial charge is 0.223 e. The second-order valence-corrected chi connectivity index (χ2v) is 4.83. The summed E-state index contributed by atoms with van der Waals surface area (Å²) in [5.74, 6) is 0.255. The third-order valence-corrected chi connectivity index (χ3v) is 3.11. The van der Waals surface area contributed by atoms with Crippen molar-refractivity contribution in [1.82, 2.24) is 10.6 Å². The van der Waals surface area contributed by atoms with Gasteiger partial charge < -0.3 is 10.6 Å². The van der Waals surface area contributed by atoms with Gasteiger partial charge in [-0.2, -0.15) is 0 Å². The number of hydrogen-bond donors (Lipinski definition) is 2. The minimum atomic E-state index is -0.170. The molecule has 0 radical (unpaired) electrons. The van der Waals surface area contributed by atoms with Gasteiger partial charge in [0, 0.05) is 25.6 Å². The second-order valence-electron chi connectivity index (χ2n) is 4.83. The topological polar surface area (TPSA) is 41.1 Å². The van der Waals surface area contributed by atoms with Gasteiger partial charge >= 0.3 is 0 Å². The number of hydrogen-bond acceptors (Lipinski definition) is 2. The first-order valence-electron chi connectivity index (χ1n) is 6.40. The Morgan fingerprint density at radius 3 is 2.83 bits per heavy atom. The van der Waals surface area contributed by atoms with E-state index in [1.54, 1.807) is 19.1 Å². The molecule has 2 rings (SSSR count). The van der Waals surface area contributed by atoms with Crippen molar-refractivity contribution in [3.63, 3.8) is 0 Å². The molecule has 18 heavy (non-hydrogen) atoms. The molecule has 1 saturated carbocycles. The van der Waals surface area contributed by atoms with Crippen molar-refractivity contribution in [2.45, 2.75) is 26.3 Å². The maximum absolute atomic E-state index is 13.3. The molecule has 1 aromatic carbocycles. The summed E-state index contributed by atoms with van der Waals surface area (Å²) in [6.45, 7) is 3.70. The zero-order valence-electron chi connectivity index (χ0n) is 10.6. The van der Waals surface area contributed by atoms with Crippen LogP contribution in [0.1, 0.15) is 24.0 Å². The average molecular weight is 250 g/mol. The molecular formula is C14H19FN2O. The summed E-state index contributed by atoms with van der Waals surface area (Å²) in [5, 5.41) is 6.06. The van der Waals surface area contributed by atoms with E-state index in [0.717, 1.165) is 18.4 Å². The molecule has 0 unspecified atom stereocenters. The lowest BCUT2D eigenvalue weighted by Crippen LogP contribution is -2.32. The van der Waals surface area contributed by atoms with Gasteiger partial charge in [0.15, 0.2) is 0 Å². The molecule has 0 heterocycles. The average Bonchev–Trinajstić information content (AvgIpc) is 3.17. The van der Waals surface area contributed by atoms with E-state index >= 15 is 0 Å². The maximum atomic E-state index is 13.3. The molecule has 1 aromatic rings. The molecule has 1 aliphatic carbocycles. The van der Waals surface area contributed by atoms with Crippen molar-refractivity contribution in [2.75, 3.05) is 13.1 Å². The lowest BCUT2D eigenvalue weighted by Gasteiger charge is -2.07. The van der Waals surface area contributed by atoms with Gasteiger partial charge in [-0.15, -0.1) is 0 Å². The Kier molecular flexibility index (Phi) is 4.31. The molecule has 0 aliphatic heterocycles. The van der Waals surface area contributed by atoms with E-state index in [2.05, 4.69) is 10.6 Å². The van der Waals surface area contributed by atoms with Gasteiger partial charge in [-0.25, -0.2) is 4.39 Å². The molecule has 1 aliphatic rings. The zero-order chi connectivity index (χ0) is 13.0. The van der Waals surface area contributed by atoms with E-state index in [4.69, 9.17) is 0 Å². The summed E-state index contributed by atoms with van der Waals surface area (Å²) < 4.78 is 13.3. The quantitative estimate of drug-likeness (QED) is 0.755. The number of rotatable bonds is 6. The summed E-state index contributed by atoms with van der Waals surface area (Å²) in [6.07, 6.45) is 2.06. The van der Waals surface area contributed by atoms with Gasteiger partial charge in [-0.3, -0.25) is 4.79 Å². The van der Waals surface area contributed by atoms with E-state index in [1.807, 2.05) is 6.07 Å². The van der Waals surface area contributed by atoms with Crippen LogP contribution in [-0.4, -0.2) is 19.0 Å². The van der Waals surface area contributed by atoms with Gasteiger partial charge in [0.1, 0.15) is 5.82 Å². The normalized spacial score (nSPS) is 14.6. The van der Waals surface area contributed by atoms with Gasteiger partial charge in [-0.05, 0) is 37.0 Å². The van der Waals surface area contributed by atoms with Crippen LogP contribution in [0.5, 0.6) is 0 Å². The van der Waals surface area contributed by atoms with Crippen molar-refractivity contribution in [3.05, 3.63) is 35.1 Å². The largest absolute Gasteiger partial charge is 0.355 e. The van der Waals surface area contributed by atoms with Crippen LogP contribution in [0.4, 0.5) is 4.39 Å². The minimum absolute atomic E-state index is 0.165. The van der Waals surface area contributed by atoms with Gasteiger partial charge in [0.2, 0.25) is 5.91 Å². The molecule has 0 aromatic heterocycles. The highest BCUT2D eigenvalue weighted by Gasteiger charge is 2.28. The van der Waals surface area contributed by atoms with E-state index in [0.29, 0.717) is 25.2 Å². The first kappa shape index (κ1) is 13.0. The van der Waals surface area contributed by atoms with Crippen molar-refractivity contribution in [3.8, 4) is 0 Å². The Labute approximate surface area is 107 Å². The van der Waals surface area contributed by atoms with E-state index < -0.39 is 0 Å². The maximum Gasteiger partial charge on any atom is 0.223 e. The fourth-order valence-electron chi connectivity index (χ4n) is 1.74. The van der Waals surface area contributed by atoms with Crippen LogP contribution in [0.3, 0.4) is 0 Å². The SMILES string of the molecule is Cc1ccc(CNCCNC(=O)C2CC2)cc1F. The van der Waals surface area contributed by atoms with Crippen LogP contribution >= 0.6 is 0 Å². The molecule has 4 heteroatoms. The Morgan fingerprint density at radius 1 is 1.39 bits per heavy atom. The minimum Gasteiger partial charge on any atom is -0.355 e. The summed E-state index contributed by atoms with van der Waals surface area (Å²) in [5.41, 5.74) is 1.59. The second kappa shape index (κ2) is 5.96. The van der Waals surface area contributed by atoms with E-state index in [9.17, 15) is 9.18 Å². The number of carbonyl (C=O) groups excluding carboxylic acids is 1. The predicted octanol–water partition coefficient (Wildman–Crippen LogP) is 1.75. The van der Waals surface area contributed by atoms with Crippen LogP contribution in [0, 0.1) is 18.7 Å². The number of nitrogens with one attached hydrogen (secondary N) is 2. The number of halogens is 1. The van der Waals surface area contributed by atoms with Crippen LogP contribution < -0.4 is 10.6 Å². The first-order valence-corrected chi connectivity index (χ1v) is 6.40. The van der Waals surface area contributed by atoms with E-state index in [1.165, 1.54) is 0 Å². The lowest BCUT2D eigenvalue weighted by atomic mass is 10.1.